The number of halogens is 1. The van der Waals surface area contributed by atoms with Gasteiger partial charge in [0, 0.05) is 5.56 Å². The van der Waals surface area contributed by atoms with Gasteiger partial charge in [0.25, 0.3) is 0 Å². The molecule has 0 atom stereocenters. The Balaban J connectivity index is 1.72. The standard InChI is InChI=1S/C23H17F/c1-16-6-7-21-15-20(13-12-19(21)14-16)17-8-10-18(11-9-17)22-4-2-3-5-23(22)24/h2-15H,1H3. The number of benzene rings is 4. The highest BCUT2D eigenvalue weighted by Gasteiger charge is 2.05. The Bertz CT molecular complexity index is 1010. The number of hydrogen-bond acceptors (Lipinski definition) is 0. The van der Waals surface area contributed by atoms with Crippen LogP contribution in [0, 0.1) is 12.7 Å². The molecule has 0 fully saturated rings. The van der Waals surface area contributed by atoms with Crippen LogP contribution in [0.4, 0.5) is 4.39 Å². The first-order valence-corrected chi connectivity index (χ1v) is 8.06. The summed E-state index contributed by atoms with van der Waals surface area (Å²) < 4.78 is 13.9. The van der Waals surface area contributed by atoms with Crippen molar-refractivity contribution in [3.05, 3.63) is 96.3 Å². The van der Waals surface area contributed by atoms with Crippen LogP contribution in [0.25, 0.3) is 33.0 Å². The molecular formula is C23H17F. The average molecular weight is 312 g/mol. The second-order valence-corrected chi connectivity index (χ2v) is 6.12. The van der Waals surface area contributed by atoms with E-state index in [0.717, 1.165) is 11.1 Å². The van der Waals surface area contributed by atoms with Gasteiger partial charge in [-0.3, -0.25) is 0 Å². The molecule has 0 bridgehead atoms. The van der Waals surface area contributed by atoms with E-state index in [-0.39, 0.29) is 5.82 Å². The molecule has 0 aliphatic carbocycles. The first-order valence-electron chi connectivity index (χ1n) is 8.06. The minimum atomic E-state index is -0.189. The van der Waals surface area contributed by atoms with Crippen LogP contribution in [0.2, 0.25) is 0 Å². The molecule has 0 spiro atoms. The lowest BCUT2D eigenvalue weighted by Gasteiger charge is -2.07. The number of aryl methyl sites for hydroxylation is 1. The molecule has 4 aromatic carbocycles. The maximum absolute atomic E-state index is 13.9. The van der Waals surface area contributed by atoms with Gasteiger partial charge in [0.05, 0.1) is 0 Å². The van der Waals surface area contributed by atoms with E-state index >= 15 is 0 Å². The predicted octanol–water partition coefficient (Wildman–Crippen LogP) is 6.62. The third-order valence-corrected chi connectivity index (χ3v) is 4.40. The van der Waals surface area contributed by atoms with Gasteiger partial charge in [-0.1, -0.05) is 78.4 Å². The van der Waals surface area contributed by atoms with Gasteiger partial charge in [0.2, 0.25) is 0 Å². The summed E-state index contributed by atoms with van der Waals surface area (Å²) in [6, 6.07) is 27.9. The molecule has 0 aliphatic heterocycles. The smallest absolute Gasteiger partial charge is 0.131 e. The Hall–Kier alpha value is -2.93. The van der Waals surface area contributed by atoms with Crippen LogP contribution in [-0.2, 0) is 0 Å². The van der Waals surface area contributed by atoms with Crippen LogP contribution in [0.1, 0.15) is 5.56 Å². The Morgan fingerprint density at radius 1 is 0.583 bits per heavy atom. The summed E-state index contributed by atoms with van der Waals surface area (Å²) in [4.78, 5) is 0. The van der Waals surface area contributed by atoms with Gasteiger partial charge in [-0.05, 0) is 46.5 Å². The minimum absolute atomic E-state index is 0.189. The summed E-state index contributed by atoms with van der Waals surface area (Å²) in [6.45, 7) is 2.11. The molecule has 0 saturated carbocycles. The fourth-order valence-electron chi connectivity index (χ4n) is 3.08. The lowest BCUT2D eigenvalue weighted by atomic mass is 9.98. The van der Waals surface area contributed by atoms with Gasteiger partial charge in [-0.2, -0.15) is 0 Å². The highest BCUT2D eigenvalue weighted by molar-refractivity contribution is 5.88. The molecule has 0 nitrogen and oxygen atoms in total. The summed E-state index contributed by atoms with van der Waals surface area (Å²) in [5.41, 5.74) is 5.11. The predicted molar refractivity (Wildman–Crippen MR) is 99.5 cm³/mol. The van der Waals surface area contributed by atoms with E-state index in [1.807, 2.05) is 24.3 Å². The molecule has 116 valence electrons. The van der Waals surface area contributed by atoms with Crippen molar-refractivity contribution in [1.82, 2.24) is 0 Å². The van der Waals surface area contributed by atoms with Crippen LogP contribution in [-0.4, -0.2) is 0 Å². The van der Waals surface area contributed by atoms with Crippen LogP contribution in [0.5, 0.6) is 0 Å². The third-order valence-electron chi connectivity index (χ3n) is 4.40. The van der Waals surface area contributed by atoms with Crippen molar-refractivity contribution in [2.24, 2.45) is 0 Å². The van der Waals surface area contributed by atoms with E-state index in [0.29, 0.717) is 5.56 Å². The summed E-state index contributed by atoms with van der Waals surface area (Å²) in [6.07, 6.45) is 0. The van der Waals surface area contributed by atoms with Gasteiger partial charge in [-0.15, -0.1) is 0 Å². The number of fused-ring (bicyclic) bond motifs is 1. The third kappa shape index (κ3) is 2.69. The molecule has 0 heterocycles. The van der Waals surface area contributed by atoms with Crippen molar-refractivity contribution in [3.63, 3.8) is 0 Å². The fourth-order valence-corrected chi connectivity index (χ4v) is 3.08. The zero-order chi connectivity index (χ0) is 16.5. The van der Waals surface area contributed by atoms with Crippen molar-refractivity contribution in [2.75, 3.05) is 0 Å². The zero-order valence-corrected chi connectivity index (χ0v) is 13.5. The monoisotopic (exact) mass is 312 g/mol. The van der Waals surface area contributed by atoms with Crippen LogP contribution >= 0.6 is 0 Å². The molecular weight excluding hydrogens is 295 g/mol. The van der Waals surface area contributed by atoms with Crippen LogP contribution < -0.4 is 0 Å². The Morgan fingerprint density at radius 3 is 2.00 bits per heavy atom. The SMILES string of the molecule is Cc1ccc2cc(-c3ccc(-c4ccccc4F)cc3)ccc2c1. The van der Waals surface area contributed by atoms with Crippen molar-refractivity contribution in [3.8, 4) is 22.3 Å². The number of hydrogen-bond donors (Lipinski definition) is 0. The second kappa shape index (κ2) is 5.93. The summed E-state index contributed by atoms with van der Waals surface area (Å²) >= 11 is 0. The van der Waals surface area contributed by atoms with E-state index in [4.69, 9.17) is 0 Å². The fraction of sp³-hybridized carbons (Fsp3) is 0.0435. The second-order valence-electron chi connectivity index (χ2n) is 6.12. The van der Waals surface area contributed by atoms with E-state index < -0.39 is 0 Å². The molecule has 4 rings (SSSR count). The molecule has 0 aliphatic rings. The molecule has 0 saturated heterocycles. The van der Waals surface area contributed by atoms with Gasteiger partial charge in [0.1, 0.15) is 5.82 Å². The van der Waals surface area contributed by atoms with Crippen molar-refractivity contribution in [2.45, 2.75) is 6.92 Å². The summed E-state index contributed by atoms with van der Waals surface area (Å²) in [7, 11) is 0. The quantitative estimate of drug-likeness (QED) is 0.390. The Kier molecular flexibility index (Phi) is 3.62. The molecule has 0 N–H and O–H groups in total. The van der Waals surface area contributed by atoms with Gasteiger partial charge >= 0.3 is 0 Å². The van der Waals surface area contributed by atoms with Crippen molar-refractivity contribution < 1.29 is 4.39 Å². The van der Waals surface area contributed by atoms with Crippen LogP contribution in [0.3, 0.4) is 0 Å². The summed E-state index contributed by atoms with van der Waals surface area (Å²) in [5.74, 6) is -0.189. The molecule has 4 aromatic rings. The molecule has 0 aromatic heterocycles. The lowest BCUT2D eigenvalue weighted by molar-refractivity contribution is 0.631. The molecule has 1 heteroatoms. The van der Waals surface area contributed by atoms with E-state index in [1.54, 1.807) is 6.07 Å². The highest BCUT2D eigenvalue weighted by atomic mass is 19.1. The topological polar surface area (TPSA) is 0 Å². The summed E-state index contributed by atoms with van der Waals surface area (Å²) in [5, 5.41) is 2.48. The lowest BCUT2D eigenvalue weighted by Crippen LogP contribution is -1.84. The van der Waals surface area contributed by atoms with Crippen molar-refractivity contribution in [1.29, 1.82) is 0 Å². The van der Waals surface area contributed by atoms with Crippen LogP contribution in [0.15, 0.2) is 84.9 Å². The normalized spacial score (nSPS) is 10.9. The van der Waals surface area contributed by atoms with E-state index in [1.165, 1.54) is 28.0 Å². The average Bonchev–Trinajstić information content (AvgIpc) is 2.62. The first-order chi connectivity index (χ1) is 11.7. The maximum atomic E-state index is 13.9. The Morgan fingerprint density at radius 2 is 1.21 bits per heavy atom. The van der Waals surface area contributed by atoms with E-state index in [2.05, 4.69) is 55.5 Å². The zero-order valence-electron chi connectivity index (χ0n) is 13.5. The molecule has 24 heavy (non-hydrogen) atoms. The van der Waals surface area contributed by atoms with Crippen molar-refractivity contribution >= 4 is 10.8 Å². The largest absolute Gasteiger partial charge is 0.206 e. The number of rotatable bonds is 2. The van der Waals surface area contributed by atoms with E-state index in [9.17, 15) is 4.39 Å². The molecule has 0 amide bonds. The first kappa shape index (κ1) is 14.6. The molecule has 0 radical (unpaired) electrons. The maximum Gasteiger partial charge on any atom is 0.131 e. The Labute approximate surface area is 141 Å². The minimum Gasteiger partial charge on any atom is -0.206 e. The highest BCUT2D eigenvalue weighted by Crippen LogP contribution is 2.28. The van der Waals surface area contributed by atoms with Gasteiger partial charge in [-0.25, -0.2) is 4.39 Å². The molecule has 0 unspecified atom stereocenters. The van der Waals surface area contributed by atoms with Gasteiger partial charge < -0.3 is 0 Å². The van der Waals surface area contributed by atoms with Gasteiger partial charge in [0.15, 0.2) is 0 Å².